The summed E-state index contributed by atoms with van der Waals surface area (Å²) in [6.45, 7) is 13.1. The van der Waals surface area contributed by atoms with E-state index in [-0.39, 0.29) is 36.6 Å². The molecule has 0 saturated carbocycles. The number of anilines is 1. The number of nitrogens with zero attached hydrogens (tertiary/aromatic N) is 3. The Labute approximate surface area is 223 Å². The van der Waals surface area contributed by atoms with Crippen molar-refractivity contribution in [1.29, 1.82) is 0 Å². The lowest BCUT2D eigenvalue weighted by Crippen LogP contribution is -2.53. The monoisotopic (exact) mass is 515 g/mol. The first kappa shape index (κ1) is 26.9. The van der Waals surface area contributed by atoms with Crippen molar-refractivity contribution in [3.8, 4) is 0 Å². The molecule has 4 amide bonds. The lowest BCUT2D eigenvalue weighted by atomic mass is 9.80. The molecule has 0 aromatic heterocycles. The Hall–Kier alpha value is -4.19. The molecule has 1 saturated heterocycles. The van der Waals surface area contributed by atoms with Crippen LogP contribution in [0.4, 0.5) is 5.69 Å². The average Bonchev–Trinajstić information content (AvgIpc) is 3.43. The number of likely N-dealkylation sites (tertiary alicyclic amines) is 1. The summed E-state index contributed by atoms with van der Waals surface area (Å²) in [4.78, 5) is 59.6. The number of para-hydroxylation sites is 1. The third-order valence-electron chi connectivity index (χ3n) is 7.41. The number of fused-ring (bicyclic) bond motifs is 2. The minimum absolute atomic E-state index is 0.0617. The number of nitrogens with one attached hydrogen (secondary N) is 2. The van der Waals surface area contributed by atoms with Gasteiger partial charge < -0.3 is 15.5 Å². The Morgan fingerprint density at radius 1 is 1.16 bits per heavy atom. The van der Waals surface area contributed by atoms with E-state index < -0.39 is 29.6 Å². The van der Waals surface area contributed by atoms with Crippen LogP contribution in [-0.4, -0.2) is 59.2 Å². The molecule has 0 aliphatic carbocycles. The summed E-state index contributed by atoms with van der Waals surface area (Å²) in [5.74, 6) is -1.33. The molecule has 2 heterocycles. The lowest BCUT2D eigenvalue weighted by molar-refractivity contribution is -0.147. The van der Waals surface area contributed by atoms with Crippen LogP contribution in [0.1, 0.15) is 50.8 Å². The number of amides is 4. The van der Waals surface area contributed by atoms with Gasteiger partial charge in [-0.2, -0.15) is 0 Å². The van der Waals surface area contributed by atoms with Crippen molar-refractivity contribution in [2.75, 3.05) is 18.9 Å². The van der Waals surface area contributed by atoms with Crippen LogP contribution >= 0.6 is 0 Å². The summed E-state index contributed by atoms with van der Waals surface area (Å²) < 4.78 is 0. The van der Waals surface area contributed by atoms with Crippen molar-refractivity contribution in [1.82, 2.24) is 15.1 Å². The van der Waals surface area contributed by atoms with E-state index in [1.54, 1.807) is 31.3 Å². The summed E-state index contributed by atoms with van der Waals surface area (Å²) in [5.41, 5.74) is 1.08. The minimum atomic E-state index is -1.00. The molecule has 1 spiro atoms. The number of hydrogen-bond acceptors (Lipinski definition) is 4. The van der Waals surface area contributed by atoms with Gasteiger partial charge in [-0.25, -0.2) is 6.57 Å². The highest BCUT2D eigenvalue weighted by molar-refractivity contribution is 6.07. The van der Waals surface area contributed by atoms with E-state index in [1.807, 2.05) is 44.2 Å². The molecule has 4 rings (SSSR count). The van der Waals surface area contributed by atoms with Crippen LogP contribution in [0.5, 0.6) is 0 Å². The second-order valence-electron chi connectivity index (χ2n) is 10.5. The Bertz CT molecular complexity index is 1290. The number of carbonyl (C=O) groups is 4. The fourth-order valence-electron chi connectivity index (χ4n) is 5.51. The third-order valence-corrected chi connectivity index (χ3v) is 7.41. The Morgan fingerprint density at radius 3 is 2.45 bits per heavy atom. The standard InChI is InChI=1S/C29H33N5O4/c1-18(2)15-23(33(5)27(37)25(31-19(3)35)20-11-7-6-8-12-20)26(36)34-17-29(16-24(34)30-4)21-13-9-10-14-22(21)32-28(29)38/h6-14,18,23-25H,15-17H2,1-3,5H3,(H,31,35)(H,32,38)/t23-,24-,25+,29-/m0/s1. The molecule has 198 valence electrons. The van der Waals surface area contributed by atoms with Crippen molar-refractivity contribution in [2.45, 2.75) is 57.3 Å². The number of likely N-dealkylation sites (N-methyl/N-ethyl adjacent to an activating group) is 1. The summed E-state index contributed by atoms with van der Waals surface area (Å²) in [7, 11) is 1.56. The van der Waals surface area contributed by atoms with Crippen molar-refractivity contribution in [3.05, 3.63) is 77.1 Å². The van der Waals surface area contributed by atoms with Gasteiger partial charge in [-0.1, -0.05) is 62.4 Å². The first-order valence-corrected chi connectivity index (χ1v) is 12.8. The molecule has 4 atom stereocenters. The van der Waals surface area contributed by atoms with Crippen LogP contribution in [0.2, 0.25) is 0 Å². The van der Waals surface area contributed by atoms with Crippen LogP contribution < -0.4 is 10.6 Å². The van der Waals surface area contributed by atoms with Crippen LogP contribution in [0, 0.1) is 12.5 Å². The number of carbonyl (C=O) groups excluding carboxylic acids is 4. The molecular weight excluding hydrogens is 482 g/mol. The Morgan fingerprint density at radius 2 is 1.82 bits per heavy atom. The molecule has 2 N–H and O–H groups in total. The molecule has 2 aliphatic rings. The van der Waals surface area contributed by atoms with E-state index in [2.05, 4.69) is 15.5 Å². The molecule has 9 nitrogen and oxygen atoms in total. The molecule has 2 aliphatic heterocycles. The topological polar surface area (TPSA) is 103 Å². The summed E-state index contributed by atoms with van der Waals surface area (Å²) >= 11 is 0. The van der Waals surface area contributed by atoms with Gasteiger partial charge in [0.1, 0.15) is 17.5 Å². The summed E-state index contributed by atoms with van der Waals surface area (Å²) in [6.07, 6.45) is -0.284. The molecule has 2 aromatic rings. The van der Waals surface area contributed by atoms with Crippen molar-refractivity contribution in [3.63, 3.8) is 0 Å². The van der Waals surface area contributed by atoms with E-state index >= 15 is 0 Å². The predicted molar refractivity (Wildman–Crippen MR) is 142 cm³/mol. The van der Waals surface area contributed by atoms with Gasteiger partial charge in [0.05, 0.1) is 6.42 Å². The zero-order chi connectivity index (χ0) is 27.6. The highest BCUT2D eigenvalue weighted by atomic mass is 16.2. The fourth-order valence-corrected chi connectivity index (χ4v) is 5.51. The van der Waals surface area contributed by atoms with E-state index in [1.165, 1.54) is 16.7 Å². The van der Waals surface area contributed by atoms with Crippen molar-refractivity contribution in [2.24, 2.45) is 5.92 Å². The molecule has 2 aromatic carbocycles. The molecule has 0 radical (unpaired) electrons. The highest BCUT2D eigenvalue weighted by Gasteiger charge is 2.59. The second kappa shape index (κ2) is 10.7. The highest BCUT2D eigenvalue weighted by Crippen LogP contribution is 2.47. The van der Waals surface area contributed by atoms with Gasteiger partial charge in [-0.15, -0.1) is 0 Å². The smallest absolute Gasteiger partial charge is 0.302 e. The average molecular weight is 516 g/mol. The fraction of sp³-hybridized carbons (Fsp3) is 0.414. The van der Waals surface area contributed by atoms with Gasteiger partial charge >= 0.3 is 6.17 Å². The maximum Gasteiger partial charge on any atom is 0.302 e. The second-order valence-corrected chi connectivity index (χ2v) is 10.5. The Kier molecular flexibility index (Phi) is 7.53. The zero-order valence-corrected chi connectivity index (χ0v) is 22.1. The van der Waals surface area contributed by atoms with Crippen LogP contribution in [0.25, 0.3) is 4.85 Å². The van der Waals surface area contributed by atoms with Gasteiger partial charge in [0.15, 0.2) is 0 Å². The molecule has 0 unspecified atom stereocenters. The minimum Gasteiger partial charge on any atom is -0.341 e. The van der Waals surface area contributed by atoms with Crippen LogP contribution in [0.15, 0.2) is 54.6 Å². The molecular formula is C29H33N5O4. The number of rotatable bonds is 7. The maximum absolute atomic E-state index is 14.1. The molecule has 9 heteroatoms. The predicted octanol–water partition coefficient (Wildman–Crippen LogP) is 3.10. The largest absolute Gasteiger partial charge is 0.341 e. The quantitative estimate of drug-likeness (QED) is 0.553. The van der Waals surface area contributed by atoms with Crippen molar-refractivity contribution >= 4 is 29.3 Å². The van der Waals surface area contributed by atoms with Gasteiger partial charge in [0, 0.05) is 26.2 Å². The van der Waals surface area contributed by atoms with E-state index in [4.69, 9.17) is 6.57 Å². The van der Waals surface area contributed by atoms with Gasteiger partial charge in [0.2, 0.25) is 17.7 Å². The number of benzene rings is 2. The van der Waals surface area contributed by atoms with Gasteiger partial charge in [-0.3, -0.25) is 28.9 Å². The zero-order valence-electron chi connectivity index (χ0n) is 22.1. The normalized spacial score (nSPS) is 21.4. The molecule has 1 fully saturated rings. The summed E-state index contributed by atoms with van der Waals surface area (Å²) in [5, 5.41) is 5.62. The van der Waals surface area contributed by atoms with Crippen molar-refractivity contribution < 1.29 is 19.2 Å². The molecule has 0 bridgehead atoms. The SMILES string of the molecule is [C-]#[N+][C@@H]1C[C@@]2(CN1C(=O)[C@H](CC(C)C)N(C)C(=O)[C@H](NC(C)=O)c1ccccc1)C(=O)Nc1ccccc12. The van der Waals surface area contributed by atoms with Crippen LogP contribution in [0.3, 0.4) is 0 Å². The van der Waals surface area contributed by atoms with Gasteiger partial charge in [0.25, 0.3) is 5.91 Å². The number of hydrogen-bond donors (Lipinski definition) is 2. The summed E-state index contributed by atoms with van der Waals surface area (Å²) in [6, 6.07) is 14.4. The van der Waals surface area contributed by atoms with E-state index in [9.17, 15) is 19.2 Å². The van der Waals surface area contributed by atoms with E-state index in [0.717, 1.165) is 5.56 Å². The third kappa shape index (κ3) is 4.86. The maximum atomic E-state index is 14.1. The first-order chi connectivity index (χ1) is 18.1. The van der Waals surface area contributed by atoms with E-state index in [0.29, 0.717) is 17.7 Å². The lowest BCUT2D eigenvalue weighted by Gasteiger charge is -2.34. The first-order valence-electron chi connectivity index (χ1n) is 12.8. The molecule has 38 heavy (non-hydrogen) atoms. The van der Waals surface area contributed by atoms with Gasteiger partial charge in [-0.05, 0) is 29.5 Å². The Balaban J connectivity index is 1.66. The van der Waals surface area contributed by atoms with Crippen LogP contribution in [-0.2, 0) is 24.6 Å².